The highest BCUT2D eigenvalue weighted by atomic mass is 127. The fourth-order valence-corrected chi connectivity index (χ4v) is 2.09. The molecule has 0 saturated heterocycles. The van der Waals surface area contributed by atoms with E-state index in [1.165, 1.54) is 9.26 Å². The van der Waals surface area contributed by atoms with Crippen LogP contribution in [0.1, 0.15) is 11.3 Å². The summed E-state index contributed by atoms with van der Waals surface area (Å²) in [6.07, 6.45) is 0. The molecule has 0 radical (unpaired) electrons. The van der Waals surface area contributed by atoms with Crippen molar-refractivity contribution in [3.05, 3.63) is 45.3 Å². The molecule has 2 nitrogen and oxygen atoms in total. The van der Waals surface area contributed by atoms with Crippen molar-refractivity contribution in [1.29, 1.82) is 0 Å². The molecule has 0 saturated carbocycles. The molecule has 0 atom stereocenters. The van der Waals surface area contributed by atoms with Crippen molar-refractivity contribution < 1.29 is 0 Å². The Hall–Kier alpha value is -0.840. The monoisotopic (exact) mass is 298 g/mol. The number of aromatic nitrogens is 2. The largest absolute Gasteiger partial charge is 0.227 e. The Kier molecular flexibility index (Phi) is 2.58. The average Bonchev–Trinajstić information content (AvgIpc) is 2.47. The number of halogens is 1. The molecule has 0 aliphatic rings. The minimum Gasteiger partial charge on any atom is -0.227 e. The molecule has 0 N–H and O–H groups in total. The van der Waals surface area contributed by atoms with E-state index in [2.05, 4.69) is 46.7 Å². The lowest BCUT2D eigenvalue weighted by atomic mass is 10.3. The molecule has 0 aliphatic carbocycles. The average molecular weight is 298 g/mol. The lowest BCUT2D eigenvalue weighted by Crippen LogP contribution is -1.98. The van der Waals surface area contributed by atoms with Crippen LogP contribution in [0.2, 0.25) is 0 Å². The van der Waals surface area contributed by atoms with Crippen molar-refractivity contribution in [2.75, 3.05) is 0 Å². The number of hydrogen-bond donors (Lipinski definition) is 0. The van der Waals surface area contributed by atoms with Gasteiger partial charge in [0.1, 0.15) is 3.70 Å². The number of hydrogen-bond acceptors (Lipinski definition) is 1. The molecule has 2 rings (SSSR count). The van der Waals surface area contributed by atoms with Crippen LogP contribution < -0.4 is 0 Å². The van der Waals surface area contributed by atoms with Gasteiger partial charge >= 0.3 is 0 Å². The first-order chi connectivity index (χ1) is 6.70. The standard InChI is InChI=1S/C11H11IN2/c1-8-9(2)13-14(11(8)12)10-6-4-3-5-7-10/h3-7H,1-2H3. The minimum atomic E-state index is 1.10. The normalized spacial score (nSPS) is 10.5. The van der Waals surface area contributed by atoms with Crippen molar-refractivity contribution in [3.63, 3.8) is 0 Å². The van der Waals surface area contributed by atoms with Gasteiger partial charge in [0.25, 0.3) is 0 Å². The Morgan fingerprint density at radius 1 is 1.14 bits per heavy atom. The molecular formula is C11H11IN2. The van der Waals surface area contributed by atoms with Gasteiger partial charge in [-0.05, 0) is 48.6 Å². The van der Waals surface area contributed by atoms with E-state index in [0.717, 1.165) is 11.4 Å². The molecule has 3 heteroatoms. The lowest BCUT2D eigenvalue weighted by Gasteiger charge is -2.01. The van der Waals surface area contributed by atoms with Crippen molar-refractivity contribution in [3.8, 4) is 5.69 Å². The van der Waals surface area contributed by atoms with Crippen LogP contribution in [-0.4, -0.2) is 9.78 Å². The predicted molar refractivity (Wildman–Crippen MR) is 65.8 cm³/mol. The van der Waals surface area contributed by atoms with Crippen LogP contribution in [0.15, 0.2) is 30.3 Å². The molecular weight excluding hydrogens is 287 g/mol. The summed E-state index contributed by atoms with van der Waals surface area (Å²) in [7, 11) is 0. The van der Waals surface area contributed by atoms with Crippen LogP contribution >= 0.6 is 22.6 Å². The SMILES string of the molecule is Cc1nn(-c2ccccc2)c(I)c1C. The zero-order valence-corrected chi connectivity index (χ0v) is 10.3. The molecule has 0 bridgehead atoms. The van der Waals surface area contributed by atoms with Gasteiger partial charge in [0.2, 0.25) is 0 Å². The van der Waals surface area contributed by atoms with Crippen molar-refractivity contribution in [2.45, 2.75) is 13.8 Å². The summed E-state index contributed by atoms with van der Waals surface area (Å²) in [6, 6.07) is 10.2. The summed E-state index contributed by atoms with van der Waals surface area (Å²) in [5.41, 5.74) is 3.47. The summed E-state index contributed by atoms with van der Waals surface area (Å²) in [5.74, 6) is 0. The van der Waals surface area contributed by atoms with Crippen LogP contribution in [-0.2, 0) is 0 Å². The summed E-state index contributed by atoms with van der Waals surface area (Å²) in [5, 5.41) is 4.49. The Bertz CT molecular complexity index is 446. The maximum Gasteiger partial charge on any atom is 0.108 e. The molecule has 0 spiro atoms. The number of benzene rings is 1. The highest BCUT2D eigenvalue weighted by Crippen LogP contribution is 2.18. The van der Waals surface area contributed by atoms with E-state index < -0.39 is 0 Å². The smallest absolute Gasteiger partial charge is 0.108 e. The number of para-hydroxylation sites is 1. The third-order valence-corrected chi connectivity index (χ3v) is 3.55. The molecule has 0 amide bonds. The van der Waals surface area contributed by atoms with Gasteiger partial charge < -0.3 is 0 Å². The van der Waals surface area contributed by atoms with Crippen LogP contribution in [0.4, 0.5) is 0 Å². The van der Waals surface area contributed by atoms with Crippen molar-refractivity contribution in [2.24, 2.45) is 0 Å². The first kappa shape index (κ1) is 9.71. The van der Waals surface area contributed by atoms with Gasteiger partial charge in [-0.2, -0.15) is 5.10 Å². The number of rotatable bonds is 1. The quantitative estimate of drug-likeness (QED) is 0.740. The second-order valence-electron chi connectivity index (χ2n) is 3.25. The summed E-state index contributed by atoms with van der Waals surface area (Å²) in [6.45, 7) is 4.14. The molecule has 2 aromatic rings. The van der Waals surface area contributed by atoms with Crippen LogP contribution in [0.3, 0.4) is 0 Å². The topological polar surface area (TPSA) is 17.8 Å². The van der Waals surface area contributed by atoms with Gasteiger partial charge in [0.05, 0.1) is 11.4 Å². The van der Waals surface area contributed by atoms with E-state index in [-0.39, 0.29) is 0 Å². The van der Waals surface area contributed by atoms with Crippen LogP contribution in [0.25, 0.3) is 5.69 Å². The maximum absolute atomic E-state index is 4.49. The predicted octanol–water partition coefficient (Wildman–Crippen LogP) is 3.09. The Morgan fingerprint density at radius 3 is 2.29 bits per heavy atom. The third kappa shape index (κ3) is 1.56. The fraction of sp³-hybridized carbons (Fsp3) is 0.182. The van der Waals surface area contributed by atoms with Gasteiger partial charge in [-0.1, -0.05) is 18.2 Å². The van der Waals surface area contributed by atoms with Gasteiger partial charge in [0, 0.05) is 5.56 Å². The Balaban J connectivity index is 2.58. The lowest BCUT2D eigenvalue weighted by molar-refractivity contribution is 0.843. The minimum absolute atomic E-state index is 1.10. The summed E-state index contributed by atoms with van der Waals surface area (Å²) >= 11 is 2.33. The second kappa shape index (κ2) is 3.73. The van der Waals surface area contributed by atoms with Gasteiger partial charge in [-0.3, -0.25) is 0 Å². The van der Waals surface area contributed by atoms with Gasteiger partial charge in [0.15, 0.2) is 0 Å². The molecule has 0 aliphatic heterocycles. The van der Waals surface area contributed by atoms with Gasteiger partial charge in [-0.25, -0.2) is 4.68 Å². The first-order valence-electron chi connectivity index (χ1n) is 4.47. The number of nitrogens with zero attached hydrogens (tertiary/aromatic N) is 2. The van der Waals surface area contributed by atoms with E-state index in [1.807, 2.05) is 29.8 Å². The molecule has 14 heavy (non-hydrogen) atoms. The zero-order valence-electron chi connectivity index (χ0n) is 8.16. The fourth-order valence-electron chi connectivity index (χ4n) is 1.32. The molecule has 1 heterocycles. The summed E-state index contributed by atoms with van der Waals surface area (Å²) < 4.78 is 3.16. The van der Waals surface area contributed by atoms with E-state index in [4.69, 9.17) is 0 Å². The van der Waals surface area contributed by atoms with E-state index in [0.29, 0.717) is 0 Å². The van der Waals surface area contributed by atoms with E-state index >= 15 is 0 Å². The Labute approximate surface area is 97.1 Å². The van der Waals surface area contributed by atoms with E-state index in [1.54, 1.807) is 0 Å². The Morgan fingerprint density at radius 2 is 1.79 bits per heavy atom. The van der Waals surface area contributed by atoms with Crippen molar-refractivity contribution in [1.82, 2.24) is 9.78 Å². The van der Waals surface area contributed by atoms with Gasteiger partial charge in [-0.15, -0.1) is 0 Å². The molecule has 0 fully saturated rings. The molecule has 1 aromatic heterocycles. The van der Waals surface area contributed by atoms with Crippen LogP contribution in [0, 0.1) is 17.5 Å². The number of aryl methyl sites for hydroxylation is 1. The zero-order chi connectivity index (χ0) is 10.1. The van der Waals surface area contributed by atoms with E-state index in [9.17, 15) is 0 Å². The van der Waals surface area contributed by atoms with Crippen LogP contribution in [0.5, 0.6) is 0 Å². The second-order valence-corrected chi connectivity index (χ2v) is 4.27. The van der Waals surface area contributed by atoms with Crippen molar-refractivity contribution >= 4 is 22.6 Å². The maximum atomic E-state index is 4.49. The first-order valence-corrected chi connectivity index (χ1v) is 5.55. The molecule has 0 unspecified atom stereocenters. The highest BCUT2D eigenvalue weighted by molar-refractivity contribution is 14.1. The third-order valence-electron chi connectivity index (χ3n) is 2.29. The summed E-state index contributed by atoms with van der Waals surface area (Å²) in [4.78, 5) is 0. The highest BCUT2D eigenvalue weighted by Gasteiger charge is 2.09. The molecule has 72 valence electrons. The molecule has 1 aromatic carbocycles.